The van der Waals surface area contributed by atoms with Gasteiger partial charge in [0.15, 0.2) is 0 Å². The van der Waals surface area contributed by atoms with Gasteiger partial charge in [-0.25, -0.2) is 0 Å². The number of halogens is 1. The number of ether oxygens (including phenoxy) is 1. The molecule has 0 amide bonds. The van der Waals surface area contributed by atoms with Crippen molar-refractivity contribution >= 4 is 11.6 Å². The van der Waals surface area contributed by atoms with Crippen LogP contribution in [0.25, 0.3) is 0 Å². The average molecular weight is 460 g/mol. The molecule has 3 unspecified atom stereocenters. The first-order valence-corrected chi connectivity index (χ1v) is 12.1. The fourth-order valence-electron chi connectivity index (χ4n) is 3.41. The van der Waals surface area contributed by atoms with Gasteiger partial charge in [-0.1, -0.05) is 70.2 Å². The molecule has 32 heavy (non-hydrogen) atoms. The first kappa shape index (κ1) is 28.3. The van der Waals surface area contributed by atoms with E-state index in [9.17, 15) is 0 Å². The summed E-state index contributed by atoms with van der Waals surface area (Å²) < 4.78 is 5.09. The minimum atomic E-state index is -0.429. The standard InChI is InChI=1S/C11H15ClN2O.C11H17N.C5H10/c1-4-9(11(13)15-3)10-5-8(12)6-14-7(10)2;1-4-5-10(3)11-7-6-9(2)8-12-11;1-5-3-2-4-5/h4-6,9,11H,1,13H2,2-3H3;6-8,10H,4-5H2,1-3H3;5H,2-4H2,1H3. The minimum Gasteiger partial charge on any atom is -0.366 e. The fourth-order valence-corrected chi connectivity index (χ4v) is 3.58. The van der Waals surface area contributed by atoms with Gasteiger partial charge in [0.1, 0.15) is 6.23 Å². The summed E-state index contributed by atoms with van der Waals surface area (Å²) in [5.41, 5.74) is 10.1. The molecule has 0 aromatic carbocycles. The third-order valence-corrected chi connectivity index (χ3v) is 6.09. The van der Waals surface area contributed by atoms with Crippen LogP contribution in [0.15, 0.2) is 43.2 Å². The third-order valence-electron chi connectivity index (χ3n) is 5.89. The molecule has 0 radical (unpaired) electrons. The number of aromatic nitrogens is 2. The van der Waals surface area contributed by atoms with E-state index in [0.717, 1.165) is 17.2 Å². The van der Waals surface area contributed by atoms with E-state index in [1.807, 2.05) is 19.2 Å². The Kier molecular flexibility index (Phi) is 13.4. The van der Waals surface area contributed by atoms with Crippen molar-refractivity contribution in [1.82, 2.24) is 9.97 Å². The maximum absolute atomic E-state index is 5.89. The van der Waals surface area contributed by atoms with Crippen molar-refractivity contribution in [3.63, 3.8) is 0 Å². The van der Waals surface area contributed by atoms with Crippen LogP contribution in [0.4, 0.5) is 0 Å². The van der Waals surface area contributed by atoms with Gasteiger partial charge in [0.25, 0.3) is 0 Å². The van der Waals surface area contributed by atoms with Gasteiger partial charge in [-0.15, -0.1) is 6.58 Å². The Morgan fingerprint density at radius 2 is 1.91 bits per heavy atom. The van der Waals surface area contributed by atoms with E-state index >= 15 is 0 Å². The van der Waals surface area contributed by atoms with Gasteiger partial charge in [0, 0.05) is 36.8 Å². The SMILES string of the molecule is C=CC(c1cc(Cl)cnc1C)C(N)OC.CC1CCC1.CCCC(C)c1ccc(C)cn1. The second-order valence-electron chi connectivity index (χ2n) is 8.78. The van der Waals surface area contributed by atoms with Gasteiger partial charge < -0.3 is 10.5 Å². The predicted octanol–water partition coefficient (Wildman–Crippen LogP) is 7.34. The number of hydrogen-bond acceptors (Lipinski definition) is 4. The van der Waals surface area contributed by atoms with Crippen LogP contribution in [0.2, 0.25) is 5.02 Å². The zero-order valence-corrected chi connectivity index (χ0v) is 21.5. The lowest BCUT2D eigenvalue weighted by atomic mass is 9.88. The first-order chi connectivity index (χ1) is 15.2. The van der Waals surface area contributed by atoms with E-state index < -0.39 is 6.23 Å². The van der Waals surface area contributed by atoms with E-state index in [-0.39, 0.29) is 5.92 Å². The molecular formula is C27H42ClN3O. The van der Waals surface area contributed by atoms with Gasteiger partial charge in [-0.2, -0.15) is 0 Å². The average Bonchev–Trinajstić information content (AvgIpc) is 2.76. The Morgan fingerprint density at radius 1 is 1.25 bits per heavy atom. The van der Waals surface area contributed by atoms with Crippen molar-refractivity contribution < 1.29 is 4.74 Å². The van der Waals surface area contributed by atoms with Crippen molar-refractivity contribution in [3.8, 4) is 0 Å². The second-order valence-corrected chi connectivity index (χ2v) is 9.21. The van der Waals surface area contributed by atoms with E-state index in [2.05, 4.69) is 56.4 Å². The molecule has 0 bridgehead atoms. The van der Waals surface area contributed by atoms with Crippen molar-refractivity contribution in [3.05, 3.63) is 70.8 Å². The lowest BCUT2D eigenvalue weighted by Crippen LogP contribution is -2.29. The Bertz CT molecular complexity index is 790. The molecule has 3 rings (SSSR count). The number of hydrogen-bond donors (Lipinski definition) is 1. The lowest BCUT2D eigenvalue weighted by molar-refractivity contribution is 0.0962. The Labute approximate surface area is 200 Å². The summed E-state index contributed by atoms with van der Waals surface area (Å²) in [6.45, 7) is 14.5. The molecule has 5 heteroatoms. The quantitative estimate of drug-likeness (QED) is 0.347. The van der Waals surface area contributed by atoms with Gasteiger partial charge >= 0.3 is 0 Å². The molecule has 2 heterocycles. The van der Waals surface area contributed by atoms with Crippen LogP contribution in [0.5, 0.6) is 0 Å². The first-order valence-electron chi connectivity index (χ1n) is 11.7. The van der Waals surface area contributed by atoms with E-state index in [1.165, 1.54) is 43.4 Å². The van der Waals surface area contributed by atoms with Gasteiger partial charge in [-0.05, 0) is 55.4 Å². The molecule has 1 fully saturated rings. The highest BCUT2D eigenvalue weighted by atomic mass is 35.5. The predicted molar refractivity (Wildman–Crippen MR) is 137 cm³/mol. The number of nitrogens with zero attached hydrogens (tertiary/aromatic N) is 2. The van der Waals surface area contributed by atoms with E-state index in [0.29, 0.717) is 10.9 Å². The Morgan fingerprint density at radius 3 is 2.34 bits per heavy atom. The molecule has 0 spiro atoms. The Hall–Kier alpha value is -1.75. The smallest absolute Gasteiger partial charge is 0.115 e. The molecule has 2 aromatic rings. The zero-order chi connectivity index (χ0) is 24.1. The summed E-state index contributed by atoms with van der Waals surface area (Å²) in [5.74, 6) is 1.58. The molecule has 2 aromatic heterocycles. The van der Waals surface area contributed by atoms with Gasteiger partial charge in [0.2, 0.25) is 0 Å². The van der Waals surface area contributed by atoms with Crippen LogP contribution in [-0.4, -0.2) is 23.3 Å². The number of aryl methyl sites for hydroxylation is 2. The van der Waals surface area contributed by atoms with Crippen LogP contribution in [0, 0.1) is 19.8 Å². The largest absolute Gasteiger partial charge is 0.366 e. The van der Waals surface area contributed by atoms with E-state index in [1.54, 1.807) is 19.4 Å². The Balaban J connectivity index is 0.000000267. The summed E-state index contributed by atoms with van der Waals surface area (Å²) in [7, 11) is 1.56. The van der Waals surface area contributed by atoms with Gasteiger partial charge in [0.05, 0.1) is 5.02 Å². The van der Waals surface area contributed by atoms with Crippen molar-refractivity contribution in [1.29, 1.82) is 0 Å². The van der Waals surface area contributed by atoms with Crippen LogP contribution >= 0.6 is 11.6 Å². The molecule has 178 valence electrons. The number of nitrogens with two attached hydrogens (primary N) is 1. The summed E-state index contributed by atoms with van der Waals surface area (Å²) in [6.07, 6.45) is 11.8. The molecule has 1 aliphatic carbocycles. The molecular weight excluding hydrogens is 418 g/mol. The third kappa shape index (κ3) is 9.81. The molecule has 2 N–H and O–H groups in total. The normalized spacial score (nSPS) is 15.8. The van der Waals surface area contributed by atoms with E-state index in [4.69, 9.17) is 22.1 Å². The van der Waals surface area contributed by atoms with Crippen LogP contribution in [0.1, 0.15) is 87.2 Å². The van der Waals surface area contributed by atoms with Crippen molar-refractivity contribution in [2.75, 3.05) is 7.11 Å². The summed E-state index contributed by atoms with van der Waals surface area (Å²) in [4.78, 5) is 8.57. The topological polar surface area (TPSA) is 61.0 Å². The molecule has 1 aliphatic rings. The molecule has 3 atom stereocenters. The number of pyridine rings is 2. The summed E-state index contributed by atoms with van der Waals surface area (Å²) in [6, 6.07) is 6.11. The van der Waals surface area contributed by atoms with Crippen LogP contribution in [-0.2, 0) is 4.74 Å². The number of methoxy groups -OCH3 is 1. The van der Waals surface area contributed by atoms with Gasteiger partial charge in [-0.3, -0.25) is 9.97 Å². The molecule has 1 saturated carbocycles. The summed E-state index contributed by atoms with van der Waals surface area (Å²) >= 11 is 5.89. The number of rotatable bonds is 7. The van der Waals surface area contributed by atoms with Crippen LogP contribution < -0.4 is 5.73 Å². The zero-order valence-electron chi connectivity index (χ0n) is 20.8. The summed E-state index contributed by atoms with van der Waals surface area (Å²) in [5, 5.41) is 0.589. The highest BCUT2D eigenvalue weighted by Crippen LogP contribution is 2.25. The fraction of sp³-hybridized carbons (Fsp3) is 0.556. The minimum absolute atomic E-state index is 0.0961. The van der Waals surface area contributed by atoms with Crippen molar-refractivity contribution in [2.24, 2.45) is 11.7 Å². The molecule has 0 aliphatic heterocycles. The lowest BCUT2D eigenvalue weighted by Gasteiger charge is -2.20. The highest BCUT2D eigenvalue weighted by Gasteiger charge is 2.19. The highest BCUT2D eigenvalue weighted by molar-refractivity contribution is 6.30. The maximum Gasteiger partial charge on any atom is 0.115 e. The molecule has 4 nitrogen and oxygen atoms in total. The second kappa shape index (κ2) is 15.2. The monoisotopic (exact) mass is 459 g/mol. The maximum atomic E-state index is 5.89. The van der Waals surface area contributed by atoms with Crippen molar-refractivity contribution in [2.45, 2.75) is 84.8 Å². The molecule has 0 saturated heterocycles. The van der Waals surface area contributed by atoms with Crippen LogP contribution in [0.3, 0.4) is 0 Å².